The predicted octanol–water partition coefficient (Wildman–Crippen LogP) is 0.917. The van der Waals surface area contributed by atoms with Gasteiger partial charge in [-0.2, -0.15) is 4.68 Å². The van der Waals surface area contributed by atoms with Gasteiger partial charge in [0.1, 0.15) is 28.4 Å². The molecule has 27 heavy (non-hydrogen) atoms. The molecule has 0 aliphatic carbocycles. The maximum absolute atomic E-state index is 12.9. The van der Waals surface area contributed by atoms with Crippen LogP contribution >= 0.6 is 0 Å². The van der Waals surface area contributed by atoms with E-state index in [2.05, 4.69) is 20.2 Å². The minimum atomic E-state index is -3.82. The van der Waals surface area contributed by atoms with Crippen molar-refractivity contribution in [2.24, 2.45) is 0 Å². The molecule has 1 atom stereocenters. The molecule has 148 valence electrons. The second kappa shape index (κ2) is 8.63. The van der Waals surface area contributed by atoms with E-state index in [0.29, 0.717) is 31.3 Å². The summed E-state index contributed by atoms with van der Waals surface area (Å²) in [7, 11) is -3.82. The highest BCUT2D eigenvalue weighted by Gasteiger charge is 2.26. The smallest absolute Gasteiger partial charge is 0.244 e. The molecule has 1 N–H and O–H groups in total. The number of ether oxygens (including phenoxy) is 3. The van der Waals surface area contributed by atoms with Crippen molar-refractivity contribution in [3.63, 3.8) is 0 Å². The van der Waals surface area contributed by atoms with Gasteiger partial charge in [0, 0.05) is 25.3 Å². The van der Waals surface area contributed by atoms with Gasteiger partial charge >= 0.3 is 0 Å². The quantitative estimate of drug-likeness (QED) is 0.664. The fourth-order valence-electron chi connectivity index (χ4n) is 2.82. The molecule has 1 saturated heterocycles. The summed E-state index contributed by atoms with van der Waals surface area (Å²) < 4.78 is 46.5. The molecule has 0 saturated carbocycles. The normalized spacial score (nSPS) is 17.2. The van der Waals surface area contributed by atoms with E-state index in [-0.39, 0.29) is 23.3 Å². The van der Waals surface area contributed by atoms with Crippen LogP contribution in [0.3, 0.4) is 0 Å². The molecule has 0 bridgehead atoms. The van der Waals surface area contributed by atoms with Crippen molar-refractivity contribution >= 4 is 10.0 Å². The van der Waals surface area contributed by atoms with Crippen molar-refractivity contribution in [3.8, 4) is 17.2 Å². The van der Waals surface area contributed by atoms with E-state index in [1.165, 1.54) is 17.1 Å². The lowest BCUT2D eigenvalue weighted by molar-refractivity contribution is 0.114. The number of hydrogen-bond donors (Lipinski definition) is 1. The summed E-state index contributed by atoms with van der Waals surface area (Å²) >= 11 is 0. The summed E-state index contributed by atoms with van der Waals surface area (Å²) in [6, 6.07) is 2.99. The molecule has 3 rings (SSSR count). The van der Waals surface area contributed by atoms with Crippen LogP contribution < -0.4 is 14.2 Å². The van der Waals surface area contributed by atoms with Crippen molar-refractivity contribution in [1.29, 1.82) is 0 Å². The average Bonchev–Trinajstić information content (AvgIpc) is 3.35. The van der Waals surface area contributed by atoms with Gasteiger partial charge in [0.25, 0.3) is 0 Å². The summed E-state index contributed by atoms with van der Waals surface area (Å²) in [5, 5.41) is 11.1. The van der Waals surface area contributed by atoms with Gasteiger partial charge in [0.2, 0.25) is 10.0 Å². The number of benzene rings is 1. The van der Waals surface area contributed by atoms with Crippen LogP contribution in [-0.4, -0.2) is 61.1 Å². The first kappa shape index (κ1) is 19.5. The number of sulfonamides is 1. The minimum absolute atomic E-state index is 0.00243. The van der Waals surface area contributed by atoms with Crippen molar-refractivity contribution in [2.45, 2.75) is 37.7 Å². The third-order valence-electron chi connectivity index (χ3n) is 4.04. The maximum Gasteiger partial charge on any atom is 0.244 e. The molecule has 1 fully saturated rings. The van der Waals surface area contributed by atoms with Crippen molar-refractivity contribution < 1.29 is 22.6 Å². The Morgan fingerprint density at radius 2 is 2.04 bits per heavy atom. The van der Waals surface area contributed by atoms with E-state index >= 15 is 0 Å². The summed E-state index contributed by atoms with van der Waals surface area (Å²) in [6.07, 6.45) is 3.06. The van der Waals surface area contributed by atoms with E-state index < -0.39 is 10.0 Å². The number of tetrazole rings is 1. The number of nitrogens with zero attached hydrogens (tertiary/aromatic N) is 4. The first-order valence-electron chi connectivity index (χ1n) is 8.83. The maximum atomic E-state index is 12.9. The van der Waals surface area contributed by atoms with Gasteiger partial charge in [0.15, 0.2) is 0 Å². The Balaban J connectivity index is 1.98. The molecule has 1 aromatic heterocycles. The number of aromatic nitrogens is 4. The first-order chi connectivity index (χ1) is 13.0. The molecular formula is C16H23N5O5S. The van der Waals surface area contributed by atoms with Gasteiger partial charge < -0.3 is 14.2 Å². The summed E-state index contributed by atoms with van der Waals surface area (Å²) in [6.45, 7) is 5.12. The molecule has 2 heterocycles. The van der Waals surface area contributed by atoms with E-state index in [0.717, 1.165) is 12.8 Å². The monoisotopic (exact) mass is 397 g/mol. The van der Waals surface area contributed by atoms with Crippen LogP contribution in [0.5, 0.6) is 11.5 Å². The molecule has 0 amide bonds. The molecule has 1 aromatic carbocycles. The highest BCUT2D eigenvalue weighted by molar-refractivity contribution is 7.89. The van der Waals surface area contributed by atoms with Crippen molar-refractivity contribution in [2.75, 3.05) is 26.4 Å². The highest BCUT2D eigenvalue weighted by atomic mass is 32.2. The third-order valence-corrected chi connectivity index (χ3v) is 5.48. The Morgan fingerprint density at radius 3 is 2.67 bits per heavy atom. The van der Waals surface area contributed by atoms with Gasteiger partial charge in [-0.3, -0.25) is 0 Å². The zero-order chi connectivity index (χ0) is 19.3. The van der Waals surface area contributed by atoms with Gasteiger partial charge in [-0.15, -0.1) is 5.10 Å². The Hall–Kier alpha value is -2.24. The highest BCUT2D eigenvalue weighted by Crippen LogP contribution is 2.34. The molecule has 10 nitrogen and oxygen atoms in total. The van der Waals surface area contributed by atoms with Gasteiger partial charge in [-0.1, -0.05) is 0 Å². The Morgan fingerprint density at radius 1 is 1.26 bits per heavy atom. The van der Waals surface area contributed by atoms with Crippen LogP contribution in [0.15, 0.2) is 23.4 Å². The summed E-state index contributed by atoms with van der Waals surface area (Å²) in [5.41, 5.74) is 0.489. The molecule has 1 aliphatic heterocycles. The second-order valence-corrected chi connectivity index (χ2v) is 7.61. The van der Waals surface area contributed by atoms with E-state index in [9.17, 15) is 8.42 Å². The van der Waals surface area contributed by atoms with Crippen molar-refractivity contribution in [1.82, 2.24) is 24.9 Å². The second-order valence-electron chi connectivity index (χ2n) is 5.87. The SMILES string of the molecule is CCOc1cc(S(=O)(=O)NC[C@@H]2CCCO2)c(OCC)cc1-n1cnnn1. The lowest BCUT2D eigenvalue weighted by Gasteiger charge is -2.17. The largest absolute Gasteiger partial charge is 0.492 e. The Bertz CT molecular complexity index is 850. The minimum Gasteiger partial charge on any atom is -0.492 e. The van der Waals surface area contributed by atoms with Crippen LogP contribution in [-0.2, 0) is 14.8 Å². The van der Waals surface area contributed by atoms with Crippen LogP contribution in [0.1, 0.15) is 26.7 Å². The Labute approximate surface area is 157 Å². The third kappa shape index (κ3) is 4.54. The van der Waals surface area contributed by atoms with E-state index in [1.54, 1.807) is 13.0 Å². The zero-order valence-corrected chi connectivity index (χ0v) is 16.1. The fraction of sp³-hybridized carbons (Fsp3) is 0.562. The van der Waals surface area contributed by atoms with Gasteiger partial charge in [-0.25, -0.2) is 13.1 Å². The zero-order valence-electron chi connectivity index (χ0n) is 15.3. The van der Waals surface area contributed by atoms with Crippen LogP contribution in [0.25, 0.3) is 5.69 Å². The standard InChI is InChI=1S/C16H23N5O5S/c1-3-24-14-9-16(27(22,23)18-10-12-6-5-7-26-12)15(25-4-2)8-13(14)21-11-17-19-20-21/h8-9,11-12,18H,3-7,10H2,1-2H3/t12-/m0/s1. The fourth-order valence-corrected chi connectivity index (χ4v) is 4.02. The average molecular weight is 397 g/mol. The molecule has 0 spiro atoms. The summed E-state index contributed by atoms with van der Waals surface area (Å²) in [5.74, 6) is 0.539. The summed E-state index contributed by atoms with van der Waals surface area (Å²) in [4.78, 5) is 0.00243. The van der Waals surface area contributed by atoms with Gasteiger partial charge in [-0.05, 0) is 37.1 Å². The molecule has 11 heteroatoms. The lowest BCUT2D eigenvalue weighted by atomic mass is 10.2. The topological polar surface area (TPSA) is 117 Å². The van der Waals surface area contributed by atoms with Crippen LogP contribution in [0, 0.1) is 0 Å². The molecule has 0 radical (unpaired) electrons. The molecule has 0 unspecified atom stereocenters. The van der Waals surface area contributed by atoms with Crippen molar-refractivity contribution in [3.05, 3.63) is 18.5 Å². The number of nitrogens with one attached hydrogen (secondary N) is 1. The van der Waals surface area contributed by atoms with Crippen LogP contribution in [0.2, 0.25) is 0 Å². The Kier molecular flexibility index (Phi) is 6.24. The molecular weight excluding hydrogens is 374 g/mol. The van der Waals surface area contributed by atoms with E-state index in [1.807, 2.05) is 6.92 Å². The molecule has 2 aromatic rings. The lowest BCUT2D eigenvalue weighted by Crippen LogP contribution is -2.32. The number of rotatable bonds is 9. The van der Waals surface area contributed by atoms with Crippen LogP contribution in [0.4, 0.5) is 0 Å². The number of hydrogen-bond acceptors (Lipinski definition) is 8. The molecule has 1 aliphatic rings. The van der Waals surface area contributed by atoms with Gasteiger partial charge in [0.05, 0.1) is 19.3 Å². The van der Waals surface area contributed by atoms with E-state index in [4.69, 9.17) is 14.2 Å². The predicted molar refractivity (Wildman–Crippen MR) is 95.7 cm³/mol. The first-order valence-corrected chi connectivity index (χ1v) is 10.3.